The van der Waals surface area contributed by atoms with Gasteiger partial charge in [0.25, 0.3) is 0 Å². The number of likely N-dealkylation sites (tertiary alicyclic amines) is 1. The maximum atomic E-state index is 13.1. The van der Waals surface area contributed by atoms with E-state index in [1.54, 1.807) is 6.07 Å². The molecule has 1 aliphatic heterocycles. The minimum absolute atomic E-state index is 0. The Labute approximate surface area is 137 Å². The number of nitrogens with one attached hydrogen (secondary N) is 1. The lowest BCUT2D eigenvalue weighted by atomic mass is 10.0. The van der Waals surface area contributed by atoms with E-state index in [1.807, 2.05) is 6.07 Å². The summed E-state index contributed by atoms with van der Waals surface area (Å²) in [4.78, 5) is 2.12. The second kappa shape index (κ2) is 10.3. The van der Waals surface area contributed by atoms with Gasteiger partial charge in [-0.05, 0) is 24.1 Å². The minimum atomic E-state index is -0.450. The minimum Gasteiger partial charge on any atom is -0.395 e. The molecule has 7 heteroatoms. The van der Waals surface area contributed by atoms with E-state index in [0.717, 1.165) is 18.5 Å². The number of nitrogens with zero attached hydrogens (tertiary/aromatic N) is 1. The predicted molar refractivity (Wildman–Crippen MR) is 85.7 cm³/mol. The summed E-state index contributed by atoms with van der Waals surface area (Å²) in [5, 5.41) is 21.9. The van der Waals surface area contributed by atoms with E-state index in [1.165, 1.54) is 12.1 Å². The Morgan fingerprint density at radius 1 is 1.33 bits per heavy atom. The van der Waals surface area contributed by atoms with Gasteiger partial charge in [-0.25, -0.2) is 4.39 Å². The number of hydrogen-bond donors (Lipinski definition) is 3. The summed E-state index contributed by atoms with van der Waals surface area (Å²) >= 11 is 0. The average Bonchev–Trinajstić information content (AvgIpc) is 2.38. The van der Waals surface area contributed by atoms with Crippen molar-refractivity contribution in [3.05, 3.63) is 35.6 Å². The van der Waals surface area contributed by atoms with Crippen LogP contribution in [-0.2, 0) is 6.54 Å². The molecule has 1 aromatic rings. The third-order valence-electron chi connectivity index (χ3n) is 3.48. The van der Waals surface area contributed by atoms with Gasteiger partial charge in [-0.3, -0.25) is 4.90 Å². The van der Waals surface area contributed by atoms with Crippen LogP contribution in [0, 0.1) is 5.82 Å². The van der Waals surface area contributed by atoms with Crippen LogP contribution >= 0.6 is 24.8 Å². The number of piperidine rings is 1. The highest BCUT2D eigenvalue weighted by molar-refractivity contribution is 5.85. The highest BCUT2D eigenvalue weighted by Crippen LogP contribution is 2.15. The monoisotopic (exact) mass is 340 g/mol. The Morgan fingerprint density at radius 2 is 2.10 bits per heavy atom. The first-order valence-corrected chi connectivity index (χ1v) is 6.68. The Bertz CT molecular complexity index is 412. The lowest BCUT2D eigenvalue weighted by Gasteiger charge is -2.36. The molecule has 0 spiro atoms. The van der Waals surface area contributed by atoms with Crippen LogP contribution in [0.1, 0.15) is 12.0 Å². The van der Waals surface area contributed by atoms with Crippen molar-refractivity contribution in [3.8, 4) is 0 Å². The Kier molecular flexibility index (Phi) is 10.1. The SMILES string of the molecule is Cl.Cl.OCCN[C@@H]1CCN(Cc2cccc(F)c2)C[C@H]1O. The predicted octanol–water partition coefficient (Wildman–Crippen LogP) is 1.19. The fourth-order valence-corrected chi connectivity index (χ4v) is 2.52. The van der Waals surface area contributed by atoms with E-state index in [2.05, 4.69) is 10.2 Å². The van der Waals surface area contributed by atoms with Crippen molar-refractivity contribution in [3.63, 3.8) is 0 Å². The number of benzene rings is 1. The van der Waals surface area contributed by atoms with Crippen LogP contribution in [0.4, 0.5) is 4.39 Å². The number of rotatable bonds is 5. The molecule has 0 radical (unpaired) electrons. The molecule has 1 fully saturated rings. The molecule has 0 aromatic heterocycles. The van der Waals surface area contributed by atoms with Crippen LogP contribution in [0.5, 0.6) is 0 Å². The lowest BCUT2D eigenvalue weighted by molar-refractivity contribution is 0.0357. The zero-order chi connectivity index (χ0) is 13.7. The first-order valence-electron chi connectivity index (χ1n) is 6.68. The molecular formula is C14H23Cl2FN2O2. The molecule has 1 saturated heterocycles. The van der Waals surface area contributed by atoms with Gasteiger partial charge in [0.15, 0.2) is 0 Å². The number of β-amino-alcohol motifs (C(OH)–C–C–N with tert-alkyl or cyclic N) is 1. The van der Waals surface area contributed by atoms with E-state index >= 15 is 0 Å². The van der Waals surface area contributed by atoms with E-state index in [-0.39, 0.29) is 43.3 Å². The van der Waals surface area contributed by atoms with Crippen LogP contribution in [0.3, 0.4) is 0 Å². The second-order valence-electron chi connectivity index (χ2n) is 5.01. The summed E-state index contributed by atoms with van der Waals surface area (Å²) in [7, 11) is 0. The van der Waals surface area contributed by atoms with E-state index in [9.17, 15) is 9.50 Å². The molecule has 21 heavy (non-hydrogen) atoms. The zero-order valence-electron chi connectivity index (χ0n) is 11.7. The van der Waals surface area contributed by atoms with Crippen molar-refractivity contribution in [1.29, 1.82) is 0 Å². The molecule has 0 saturated carbocycles. The quantitative estimate of drug-likeness (QED) is 0.753. The number of hydrogen-bond acceptors (Lipinski definition) is 4. The summed E-state index contributed by atoms with van der Waals surface area (Å²) < 4.78 is 13.1. The molecule has 3 N–H and O–H groups in total. The highest BCUT2D eigenvalue weighted by atomic mass is 35.5. The van der Waals surface area contributed by atoms with Crippen LogP contribution in [0.2, 0.25) is 0 Å². The molecule has 1 aromatic carbocycles. The second-order valence-corrected chi connectivity index (χ2v) is 5.01. The van der Waals surface area contributed by atoms with Crippen molar-refractivity contribution in [1.82, 2.24) is 10.2 Å². The third-order valence-corrected chi connectivity index (χ3v) is 3.48. The maximum absolute atomic E-state index is 13.1. The smallest absolute Gasteiger partial charge is 0.123 e. The van der Waals surface area contributed by atoms with Gasteiger partial charge in [0.05, 0.1) is 12.7 Å². The van der Waals surface area contributed by atoms with Crippen molar-refractivity contribution in [2.45, 2.75) is 25.1 Å². The molecule has 2 rings (SSSR count). The van der Waals surface area contributed by atoms with Gasteiger partial charge in [0.2, 0.25) is 0 Å². The number of aliphatic hydroxyl groups is 2. The molecule has 1 aliphatic rings. The highest BCUT2D eigenvalue weighted by Gasteiger charge is 2.26. The van der Waals surface area contributed by atoms with Crippen LogP contribution < -0.4 is 5.32 Å². The van der Waals surface area contributed by atoms with Gasteiger partial charge in [-0.15, -0.1) is 24.8 Å². The molecule has 122 valence electrons. The maximum Gasteiger partial charge on any atom is 0.123 e. The lowest BCUT2D eigenvalue weighted by Crippen LogP contribution is -2.52. The van der Waals surface area contributed by atoms with Crippen LogP contribution in [0.15, 0.2) is 24.3 Å². The van der Waals surface area contributed by atoms with Crippen molar-refractivity contribution >= 4 is 24.8 Å². The number of aliphatic hydroxyl groups excluding tert-OH is 2. The molecular weight excluding hydrogens is 318 g/mol. The van der Waals surface area contributed by atoms with Crippen LogP contribution in [-0.4, -0.2) is 53.5 Å². The largest absolute Gasteiger partial charge is 0.395 e. The molecule has 2 atom stereocenters. The van der Waals surface area contributed by atoms with Crippen LogP contribution in [0.25, 0.3) is 0 Å². The summed E-state index contributed by atoms with van der Waals surface area (Å²) in [6, 6.07) is 6.60. The standard InChI is InChI=1S/C14H21FN2O2.2ClH/c15-12-3-1-2-11(8-12)9-17-6-4-13(14(19)10-17)16-5-7-18;;/h1-3,8,13-14,16,18-19H,4-7,9-10H2;2*1H/t13-,14-;;/m1../s1. The average molecular weight is 341 g/mol. The first kappa shape index (κ1) is 20.6. The van der Waals surface area contributed by atoms with Gasteiger partial charge in [-0.1, -0.05) is 12.1 Å². The van der Waals surface area contributed by atoms with Gasteiger partial charge < -0.3 is 15.5 Å². The van der Waals surface area contributed by atoms with Gasteiger partial charge in [0.1, 0.15) is 5.82 Å². The van der Waals surface area contributed by atoms with E-state index in [0.29, 0.717) is 19.6 Å². The van der Waals surface area contributed by atoms with Crippen molar-refractivity contribution in [2.75, 3.05) is 26.2 Å². The van der Waals surface area contributed by atoms with Gasteiger partial charge in [-0.2, -0.15) is 0 Å². The van der Waals surface area contributed by atoms with E-state index < -0.39 is 6.10 Å². The summed E-state index contributed by atoms with van der Waals surface area (Å²) in [5.74, 6) is -0.224. The Morgan fingerprint density at radius 3 is 2.71 bits per heavy atom. The molecule has 0 amide bonds. The van der Waals surface area contributed by atoms with Crippen molar-refractivity contribution < 1.29 is 14.6 Å². The Balaban J connectivity index is 0.00000200. The third kappa shape index (κ3) is 6.46. The normalized spacial score (nSPS) is 22.2. The molecule has 0 bridgehead atoms. The fraction of sp³-hybridized carbons (Fsp3) is 0.571. The molecule has 0 aliphatic carbocycles. The van der Waals surface area contributed by atoms with E-state index in [4.69, 9.17) is 5.11 Å². The van der Waals surface area contributed by atoms with Gasteiger partial charge in [0, 0.05) is 32.2 Å². The van der Waals surface area contributed by atoms with Gasteiger partial charge >= 0.3 is 0 Å². The fourth-order valence-electron chi connectivity index (χ4n) is 2.52. The molecule has 1 heterocycles. The summed E-state index contributed by atoms with van der Waals surface area (Å²) in [5.41, 5.74) is 0.925. The summed E-state index contributed by atoms with van der Waals surface area (Å²) in [6.45, 7) is 2.67. The molecule has 0 unspecified atom stereocenters. The molecule has 4 nitrogen and oxygen atoms in total. The zero-order valence-corrected chi connectivity index (χ0v) is 13.4. The first-order chi connectivity index (χ1) is 9.19. The number of halogens is 3. The van der Waals surface area contributed by atoms with Crippen molar-refractivity contribution in [2.24, 2.45) is 0 Å². The Hall–Kier alpha value is -0.430. The summed E-state index contributed by atoms with van der Waals surface area (Å²) in [6.07, 6.45) is 0.380. The topological polar surface area (TPSA) is 55.7 Å².